The van der Waals surface area contributed by atoms with E-state index in [1.165, 1.54) is 15.8 Å². The first-order valence-corrected chi connectivity index (χ1v) is 12.3. The van der Waals surface area contributed by atoms with Crippen LogP contribution in [0, 0.1) is 5.92 Å². The maximum atomic E-state index is 12.8. The molecule has 8 nitrogen and oxygen atoms in total. The molecule has 10 heteroatoms. The lowest BCUT2D eigenvalue weighted by atomic mass is 10.1. The average Bonchev–Trinajstić information content (AvgIpc) is 3.25. The van der Waals surface area contributed by atoms with E-state index in [2.05, 4.69) is 13.8 Å². The Kier molecular flexibility index (Phi) is 7.34. The fourth-order valence-corrected chi connectivity index (χ4v) is 5.84. The van der Waals surface area contributed by atoms with E-state index in [1.54, 1.807) is 29.2 Å². The normalized spacial score (nSPS) is 15.3. The Morgan fingerprint density at radius 3 is 2.29 bits per heavy atom. The zero-order valence-electron chi connectivity index (χ0n) is 17.5. The lowest BCUT2D eigenvalue weighted by molar-refractivity contribution is 0.0688. The fraction of sp³-hybridized carbons (Fsp3) is 0.429. The second-order valence-corrected chi connectivity index (χ2v) is 10.8. The largest absolute Gasteiger partial charge is 0.494 e. The van der Waals surface area contributed by atoms with Crippen LogP contribution in [0.1, 0.15) is 41.0 Å². The Morgan fingerprint density at radius 1 is 1.10 bits per heavy atom. The minimum absolute atomic E-state index is 0.00210. The maximum Gasteiger partial charge on any atom is 0.336 e. The molecule has 0 unspecified atom stereocenters. The number of thiophene rings is 1. The SMILES string of the molecule is CC(C)CCOc1ccc(C(=O)N2CCN(S(=O)(=O)c3cc(C(=O)O)cs3)CC2)cc1. The van der Waals surface area contributed by atoms with Crippen molar-refractivity contribution < 1.29 is 27.9 Å². The molecule has 0 bridgehead atoms. The lowest BCUT2D eigenvalue weighted by Gasteiger charge is -2.33. The van der Waals surface area contributed by atoms with E-state index >= 15 is 0 Å². The van der Waals surface area contributed by atoms with Crippen molar-refractivity contribution in [3.05, 3.63) is 46.8 Å². The van der Waals surface area contributed by atoms with Crippen LogP contribution in [0.4, 0.5) is 0 Å². The molecule has 0 spiro atoms. The third kappa shape index (κ3) is 5.63. The van der Waals surface area contributed by atoms with Gasteiger partial charge in [0.05, 0.1) is 12.2 Å². The Morgan fingerprint density at radius 2 is 1.74 bits per heavy atom. The number of ether oxygens (including phenoxy) is 1. The van der Waals surface area contributed by atoms with Crippen molar-refractivity contribution in [1.29, 1.82) is 0 Å². The third-order valence-electron chi connectivity index (χ3n) is 5.01. The highest BCUT2D eigenvalue weighted by molar-refractivity contribution is 7.91. The summed E-state index contributed by atoms with van der Waals surface area (Å²) < 4.78 is 32.5. The van der Waals surface area contributed by atoms with Crippen LogP contribution in [-0.2, 0) is 10.0 Å². The van der Waals surface area contributed by atoms with Crippen molar-refractivity contribution in [3.8, 4) is 5.75 Å². The number of sulfonamides is 1. The van der Waals surface area contributed by atoms with Crippen LogP contribution in [-0.4, -0.2) is 67.4 Å². The molecule has 1 amide bonds. The van der Waals surface area contributed by atoms with Crippen molar-refractivity contribution in [3.63, 3.8) is 0 Å². The van der Waals surface area contributed by atoms with Crippen molar-refractivity contribution in [2.75, 3.05) is 32.8 Å². The van der Waals surface area contributed by atoms with Gasteiger partial charge in [-0.25, -0.2) is 13.2 Å². The van der Waals surface area contributed by atoms with Crippen LogP contribution in [0.25, 0.3) is 0 Å². The van der Waals surface area contributed by atoms with Gasteiger partial charge in [0.25, 0.3) is 15.9 Å². The summed E-state index contributed by atoms with van der Waals surface area (Å²) in [6.45, 7) is 5.73. The van der Waals surface area contributed by atoms with Crippen molar-refractivity contribution >= 4 is 33.2 Å². The van der Waals surface area contributed by atoms with Gasteiger partial charge in [0.1, 0.15) is 9.96 Å². The van der Waals surface area contributed by atoms with Gasteiger partial charge in [0, 0.05) is 37.1 Å². The summed E-state index contributed by atoms with van der Waals surface area (Å²) in [6, 6.07) is 8.14. The summed E-state index contributed by atoms with van der Waals surface area (Å²) in [4.78, 5) is 25.4. The molecule has 1 fully saturated rings. The van der Waals surface area contributed by atoms with Crippen molar-refractivity contribution in [2.45, 2.75) is 24.5 Å². The van der Waals surface area contributed by atoms with Gasteiger partial charge < -0.3 is 14.7 Å². The number of aromatic carboxylic acids is 1. The molecule has 1 aromatic heterocycles. The molecule has 1 N–H and O–H groups in total. The molecule has 1 aliphatic rings. The van der Waals surface area contributed by atoms with Crippen LogP contribution < -0.4 is 4.74 Å². The monoisotopic (exact) mass is 466 g/mol. The first-order valence-electron chi connectivity index (χ1n) is 10.0. The quantitative estimate of drug-likeness (QED) is 0.641. The van der Waals surface area contributed by atoms with Gasteiger partial charge in [0.2, 0.25) is 0 Å². The van der Waals surface area contributed by atoms with Gasteiger partial charge >= 0.3 is 5.97 Å². The number of benzene rings is 1. The highest BCUT2D eigenvalue weighted by atomic mass is 32.2. The average molecular weight is 467 g/mol. The van der Waals surface area contributed by atoms with Gasteiger partial charge in [0.15, 0.2) is 0 Å². The van der Waals surface area contributed by atoms with Crippen LogP contribution in [0.15, 0.2) is 39.9 Å². The van der Waals surface area contributed by atoms with E-state index in [4.69, 9.17) is 9.84 Å². The zero-order chi connectivity index (χ0) is 22.6. The predicted octanol–water partition coefficient (Wildman–Crippen LogP) is 3.02. The summed E-state index contributed by atoms with van der Waals surface area (Å²) >= 11 is 0.888. The lowest BCUT2D eigenvalue weighted by Crippen LogP contribution is -2.50. The fourth-order valence-electron chi connectivity index (χ4n) is 3.11. The second kappa shape index (κ2) is 9.80. The Labute approximate surface area is 186 Å². The smallest absolute Gasteiger partial charge is 0.336 e. The number of carboxylic acids is 1. The molecule has 1 saturated heterocycles. The summed E-state index contributed by atoms with van der Waals surface area (Å²) in [5, 5.41) is 10.3. The number of hydrogen-bond donors (Lipinski definition) is 1. The van der Waals surface area contributed by atoms with Crippen molar-refractivity contribution in [2.24, 2.45) is 5.92 Å². The number of piperazine rings is 1. The van der Waals surface area contributed by atoms with Crippen LogP contribution in [0.3, 0.4) is 0 Å². The van der Waals surface area contributed by atoms with E-state index in [0.29, 0.717) is 23.8 Å². The topological polar surface area (TPSA) is 104 Å². The van der Waals surface area contributed by atoms with E-state index in [9.17, 15) is 18.0 Å². The number of hydrogen-bond acceptors (Lipinski definition) is 6. The number of rotatable bonds is 8. The number of amides is 1. The summed E-state index contributed by atoms with van der Waals surface area (Å²) in [7, 11) is -3.78. The van der Waals surface area contributed by atoms with Gasteiger partial charge in [-0.05, 0) is 42.7 Å². The zero-order valence-corrected chi connectivity index (χ0v) is 19.1. The Hall–Kier alpha value is -2.43. The molecule has 31 heavy (non-hydrogen) atoms. The van der Waals surface area contributed by atoms with Crippen LogP contribution in [0.2, 0.25) is 0 Å². The molecule has 0 radical (unpaired) electrons. The predicted molar refractivity (Wildman–Crippen MR) is 117 cm³/mol. The van der Waals surface area contributed by atoms with E-state index in [-0.39, 0.29) is 41.9 Å². The minimum Gasteiger partial charge on any atom is -0.494 e. The molecular weight excluding hydrogens is 440 g/mol. The summed E-state index contributed by atoms with van der Waals surface area (Å²) in [5.74, 6) is -0.0494. The molecular formula is C21H26N2O6S2. The molecule has 3 rings (SSSR count). The molecule has 1 aliphatic heterocycles. The van der Waals surface area contributed by atoms with Gasteiger partial charge in [-0.15, -0.1) is 11.3 Å². The first kappa shape index (κ1) is 23.2. The summed E-state index contributed by atoms with van der Waals surface area (Å²) in [6.07, 6.45) is 0.955. The Bertz CT molecular complexity index is 1020. The molecule has 0 atom stereocenters. The van der Waals surface area contributed by atoms with Crippen LogP contribution >= 0.6 is 11.3 Å². The Balaban J connectivity index is 1.57. The number of nitrogens with zero attached hydrogens (tertiary/aromatic N) is 2. The van der Waals surface area contributed by atoms with E-state index < -0.39 is 16.0 Å². The third-order valence-corrected chi connectivity index (χ3v) is 8.32. The van der Waals surface area contributed by atoms with Crippen LogP contribution in [0.5, 0.6) is 5.75 Å². The molecule has 0 saturated carbocycles. The number of carbonyl (C=O) groups excluding carboxylic acids is 1. The summed E-state index contributed by atoms with van der Waals surface area (Å²) in [5.41, 5.74) is 0.478. The first-order chi connectivity index (χ1) is 14.7. The minimum atomic E-state index is -3.78. The van der Waals surface area contributed by atoms with Gasteiger partial charge in [-0.1, -0.05) is 13.8 Å². The number of carboxylic acid groups (broad SMARTS) is 1. The molecule has 2 aromatic rings. The van der Waals surface area contributed by atoms with Gasteiger partial charge in [-0.2, -0.15) is 4.31 Å². The van der Waals surface area contributed by atoms with E-state index in [0.717, 1.165) is 17.8 Å². The van der Waals surface area contributed by atoms with Crippen molar-refractivity contribution in [1.82, 2.24) is 9.21 Å². The maximum absolute atomic E-state index is 12.8. The molecule has 168 valence electrons. The molecule has 0 aliphatic carbocycles. The highest BCUT2D eigenvalue weighted by Gasteiger charge is 2.31. The number of carbonyl (C=O) groups is 2. The molecule has 2 heterocycles. The van der Waals surface area contributed by atoms with Gasteiger partial charge in [-0.3, -0.25) is 4.79 Å². The standard InChI is InChI=1S/C21H26N2O6S2/c1-15(2)7-12-29-18-5-3-16(4-6-18)20(24)22-8-10-23(11-9-22)31(27,28)19-13-17(14-30-19)21(25)26/h3-6,13-15H,7-12H2,1-2H3,(H,25,26). The van der Waals surface area contributed by atoms with E-state index in [1.807, 2.05) is 0 Å². The highest BCUT2D eigenvalue weighted by Crippen LogP contribution is 2.25. The second-order valence-electron chi connectivity index (χ2n) is 7.71. The molecule has 1 aromatic carbocycles.